The van der Waals surface area contributed by atoms with E-state index in [0.717, 1.165) is 55.1 Å². The minimum Gasteiger partial charge on any atom is -0.454 e. The number of aromatic nitrogens is 2. The van der Waals surface area contributed by atoms with Crippen molar-refractivity contribution in [2.24, 2.45) is 0 Å². The maximum atomic E-state index is 6.50. The summed E-state index contributed by atoms with van der Waals surface area (Å²) in [5, 5.41) is 4.51. The first kappa shape index (κ1) is 15.8. The zero-order chi connectivity index (χ0) is 19.7. The topological polar surface area (TPSA) is 31.0 Å². The average molecular weight is 384 g/mol. The smallest absolute Gasteiger partial charge is 0.154 e. The van der Waals surface area contributed by atoms with Gasteiger partial charge in [-0.1, -0.05) is 54.6 Å². The molecule has 0 N–H and O–H groups in total. The van der Waals surface area contributed by atoms with Gasteiger partial charge in [-0.05, 0) is 42.5 Å². The van der Waals surface area contributed by atoms with Crippen molar-refractivity contribution < 1.29 is 4.42 Å². The zero-order valence-electron chi connectivity index (χ0n) is 16.0. The van der Waals surface area contributed by atoms with Gasteiger partial charge in [-0.3, -0.25) is 0 Å². The molecular formula is C27H16N2O. The molecule has 4 aromatic carbocycles. The van der Waals surface area contributed by atoms with E-state index in [2.05, 4.69) is 83.4 Å². The van der Waals surface area contributed by atoms with E-state index in [1.54, 1.807) is 0 Å². The first-order valence-electron chi connectivity index (χ1n) is 10.1. The van der Waals surface area contributed by atoms with Crippen LogP contribution in [0.3, 0.4) is 0 Å². The van der Waals surface area contributed by atoms with Gasteiger partial charge in [-0.25, -0.2) is 4.98 Å². The highest BCUT2D eigenvalue weighted by Crippen LogP contribution is 2.40. The quantitative estimate of drug-likeness (QED) is 0.299. The number of benzene rings is 4. The number of pyridine rings is 1. The Hall–Kier alpha value is -4.11. The molecule has 3 aromatic heterocycles. The molecule has 3 heterocycles. The Labute approximate surface area is 171 Å². The molecule has 0 bridgehead atoms. The lowest BCUT2D eigenvalue weighted by atomic mass is 10.1. The van der Waals surface area contributed by atoms with Crippen LogP contribution in [0, 0.1) is 0 Å². The molecule has 30 heavy (non-hydrogen) atoms. The fraction of sp³-hybridized carbons (Fsp3) is 0. The molecule has 0 aliphatic heterocycles. The van der Waals surface area contributed by atoms with E-state index < -0.39 is 0 Å². The Balaban J connectivity index is 1.80. The number of hydrogen-bond donors (Lipinski definition) is 0. The van der Waals surface area contributed by atoms with Crippen molar-refractivity contribution >= 4 is 54.8 Å². The molecule has 3 nitrogen and oxygen atoms in total. The van der Waals surface area contributed by atoms with Crippen LogP contribution in [0.5, 0.6) is 0 Å². The molecule has 0 fully saturated rings. The third-order valence-electron chi connectivity index (χ3n) is 5.96. The highest BCUT2D eigenvalue weighted by atomic mass is 16.3. The van der Waals surface area contributed by atoms with Crippen molar-refractivity contribution in [2.45, 2.75) is 0 Å². The number of rotatable bonds is 1. The molecule has 140 valence electrons. The SMILES string of the molecule is c1ccc(-n2c3cccc4oc5cc6ccccc6nc5c5cccc2c5c43)cc1. The summed E-state index contributed by atoms with van der Waals surface area (Å²) in [5.74, 6) is 0. The number of para-hydroxylation sites is 2. The van der Waals surface area contributed by atoms with Gasteiger partial charge in [-0.2, -0.15) is 0 Å². The maximum absolute atomic E-state index is 6.50. The van der Waals surface area contributed by atoms with Gasteiger partial charge in [0.1, 0.15) is 11.1 Å². The standard InChI is InChI=1S/C27H16N2O/c1-2-9-18(10-3-1)29-21-13-6-11-19-25(21)26-22(29)14-7-15-23(26)30-24-16-17-8-4-5-12-20(17)28-27(19)24/h1-16H. The van der Waals surface area contributed by atoms with Gasteiger partial charge < -0.3 is 8.98 Å². The van der Waals surface area contributed by atoms with Gasteiger partial charge >= 0.3 is 0 Å². The second kappa shape index (κ2) is 5.71. The van der Waals surface area contributed by atoms with Crippen LogP contribution in [0.2, 0.25) is 0 Å². The first-order chi connectivity index (χ1) is 14.9. The van der Waals surface area contributed by atoms with Crippen molar-refractivity contribution in [2.75, 3.05) is 0 Å². The van der Waals surface area contributed by atoms with Crippen LogP contribution >= 0.6 is 0 Å². The minimum absolute atomic E-state index is 0.802. The summed E-state index contributed by atoms with van der Waals surface area (Å²) in [5.41, 5.74) is 6.97. The molecule has 0 atom stereocenters. The van der Waals surface area contributed by atoms with Gasteiger partial charge in [0.05, 0.1) is 21.9 Å². The van der Waals surface area contributed by atoms with E-state index in [4.69, 9.17) is 9.40 Å². The molecule has 0 aliphatic rings. The van der Waals surface area contributed by atoms with Crippen LogP contribution in [0.25, 0.3) is 60.5 Å². The van der Waals surface area contributed by atoms with Crippen molar-refractivity contribution in [1.29, 1.82) is 0 Å². The van der Waals surface area contributed by atoms with E-state index in [9.17, 15) is 0 Å². The van der Waals surface area contributed by atoms with Crippen LogP contribution in [0.15, 0.2) is 101 Å². The Bertz CT molecular complexity index is 1740. The third-order valence-corrected chi connectivity index (χ3v) is 5.96. The summed E-state index contributed by atoms with van der Waals surface area (Å²) in [6.45, 7) is 0. The molecule has 0 radical (unpaired) electrons. The van der Waals surface area contributed by atoms with Crippen molar-refractivity contribution in [3.63, 3.8) is 0 Å². The Morgan fingerprint density at radius 3 is 2.30 bits per heavy atom. The fourth-order valence-electron chi connectivity index (χ4n) is 4.70. The van der Waals surface area contributed by atoms with Gasteiger partial charge in [0, 0.05) is 21.8 Å². The minimum atomic E-state index is 0.802. The van der Waals surface area contributed by atoms with Crippen molar-refractivity contribution in [3.8, 4) is 5.69 Å². The predicted molar refractivity (Wildman–Crippen MR) is 123 cm³/mol. The molecule has 0 saturated heterocycles. The number of hydrogen-bond acceptors (Lipinski definition) is 2. The van der Waals surface area contributed by atoms with E-state index in [0.29, 0.717) is 0 Å². The van der Waals surface area contributed by atoms with Gasteiger partial charge in [0.25, 0.3) is 0 Å². The zero-order valence-corrected chi connectivity index (χ0v) is 16.0. The largest absolute Gasteiger partial charge is 0.454 e. The van der Waals surface area contributed by atoms with E-state index in [1.807, 2.05) is 18.2 Å². The third kappa shape index (κ3) is 2.01. The molecule has 7 aromatic rings. The van der Waals surface area contributed by atoms with Crippen LogP contribution in [0.4, 0.5) is 0 Å². The fourth-order valence-corrected chi connectivity index (χ4v) is 4.70. The summed E-state index contributed by atoms with van der Waals surface area (Å²) in [6.07, 6.45) is 0. The molecule has 3 heteroatoms. The van der Waals surface area contributed by atoms with E-state index in [-0.39, 0.29) is 0 Å². The monoisotopic (exact) mass is 384 g/mol. The summed E-state index contributed by atoms with van der Waals surface area (Å²) in [6, 6.07) is 33.5. The second-order valence-electron chi connectivity index (χ2n) is 7.65. The Morgan fingerprint density at radius 1 is 0.633 bits per heavy atom. The lowest BCUT2D eigenvalue weighted by Crippen LogP contribution is -1.93. The lowest BCUT2D eigenvalue weighted by molar-refractivity contribution is 0.663. The molecule has 0 unspecified atom stereocenters. The Morgan fingerprint density at radius 2 is 1.40 bits per heavy atom. The van der Waals surface area contributed by atoms with E-state index in [1.165, 1.54) is 5.39 Å². The molecule has 0 spiro atoms. The van der Waals surface area contributed by atoms with Crippen LogP contribution in [0.1, 0.15) is 0 Å². The van der Waals surface area contributed by atoms with Crippen molar-refractivity contribution in [3.05, 3.63) is 97.1 Å². The number of nitrogens with zero attached hydrogens (tertiary/aromatic N) is 2. The summed E-state index contributed by atoms with van der Waals surface area (Å²) < 4.78 is 8.81. The van der Waals surface area contributed by atoms with Gasteiger partial charge in [0.15, 0.2) is 5.58 Å². The maximum Gasteiger partial charge on any atom is 0.154 e. The highest BCUT2D eigenvalue weighted by Gasteiger charge is 2.19. The average Bonchev–Trinajstić information content (AvgIpc) is 3.07. The summed E-state index contributed by atoms with van der Waals surface area (Å²) in [7, 11) is 0. The van der Waals surface area contributed by atoms with Gasteiger partial charge in [0.2, 0.25) is 0 Å². The van der Waals surface area contributed by atoms with Gasteiger partial charge in [-0.15, -0.1) is 0 Å². The summed E-state index contributed by atoms with van der Waals surface area (Å²) in [4.78, 5) is 5.02. The van der Waals surface area contributed by atoms with Crippen LogP contribution in [-0.2, 0) is 0 Å². The Kier molecular flexibility index (Phi) is 3.00. The normalized spacial score (nSPS) is 12.0. The molecular weight excluding hydrogens is 368 g/mol. The van der Waals surface area contributed by atoms with E-state index >= 15 is 0 Å². The first-order valence-corrected chi connectivity index (χ1v) is 10.1. The molecule has 0 amide bonds. The lowest BCUT2D eigenvalue weighted by Gasteiger charge is -2.08. The molecule has 0 aliphatic carbocycles. The molecule has 7 rings (SSSR count). The summed E-state index contributed by atoms with van der Waals surface area (Å²) >= 11 is 0. The predicted octanol–water partition coefficient (Wildman–Crippen LogP) is 7.23. The van der Waals surface area contributed by atoms with Crippen molar-refractivity contribution in [1.82, 2.24) is 9.55 Å². The van der Waals surface area contributed by atoms with Crippen LogP contribution < -0.4 is 0 Å². The number of fused-ring (bicyclic) bond motifs is 3. The van der Waals surface area contributed by atoms with Crippen LogP contribution in [-0.4, -0.2) is 9.55 Å². The molecule has 0 saturated carbocycles. The highest BCUT2D eigenvalue weighted by molar-refractivity contribution is 6.26. The second-order valence-corrected chi connectivity index (χ2v) is 7.65.